The molecule has 0 saturated carbocycles. The Morgan fingerprint density at radius 3 is 0.588 bits per heavy atom. The van der Waals surface area contributed by atoms with Crippen LogP contribution in [0.2, 0.25) is 0 Å². The molecule has 0 unspecified atom stereocenters. The van der Waals surface area contributed by atoms with Crippen molar-refractivity contribution in [1.82, 2.24) is 0 Å². The Morgan fingerprint density at radius 1 is 0.588 bits per heavy atom. The second-order valence-corrected chi connectivity index (χ2v) is 2.13. The van der Waals surface area contributed by atoms with Crippen molar-refractivity contribution in [2.45, 2.75) is 0 Å². The van der Waals surface area contributed by atoms with E-state index in [4.69, 9.17) is 39.1 Å². The average molecular weight is 831 g/mol. The van der Waals surface area contributed by atoms with Crippen molar-refractivity contribution < 1.29 is 106 Å². The molecular formula is H4B2BaO12U2. The van der Waals surface area contributed by atoms with Crippen LogP contribution in [-0.2, 0) is 8.94 Å². The Hall–Kier alpha value is 2.69. The predicted octanol–water partition coefficient (Wildman–Crippen LogP) is -10.4. The molecule has 0 atom stereocenters. The molecule has 0 spiro atoms. The molecule has 0 saturated heterocycles. The van der Waals surface area contributed by atoms with E-state index in [0.717, 1.165) is 0 Å². The Morgan fingerprint density at radius 2 is 0.588 bits per heavy atom. The summed E-state index contributed by atoms with van der Waals surface area (Å²) in [7, 11) is -5.83. The van der Waals surface area contributed by atoms with Crippen molar-refractivity contribution in [2.75, 3.05) is 0 Å². The first-order valence-electron chi connectivity index (χ1n) is 2.23. The summed E-state index contributed by atoms with van der Waals surface area (Å²) in [6.45, 7) is 0. The molecule has 0 aliphatic heterocycles. The Labute approximate surface area is 166 Å². The van der Waals surface area contributed by atoms with E-state index >= 15 is 0 Å². The van der Waals surface area contributed by atoms with Crippen molar-refractivity contribution in [3.05, 3.63) is 0 Å². The molecule has 12 nitrogen and oxygen atoms in total. The summed E-state index contributed by atoms with van der Waals surface area (Å²) in [5, 5.41) is 50.5. The summed E-state index contributed by atoms with van der Waals surface area (Å²) in [6, 6.07) is 0. The molecule has 0 aliphatic carbocycles. The van der Waals surface area contributed by atoms with E-state index in [9.17, 15) is 0 Å². The van der Waals surface area contributed by atoms with Gasteiger partial charge in [-0.1, -0.05) is 0 Å². The molecule has 0 amide bonds. The van der Waals surface area contributed by atoms with Gasteiger partial charge in [-0.3, -0.25) is 14.6 Å². The summed E-state index contributed by atoms with van der Waals surface area (Å²) in [5.41, 5.74) is 0. The minimum atomic E-state index is -2.92. The SMILES string of the molecule is O.O.[Ba+2].[O-]B([O-])[O-].[O-]B([O-])[O-].[O]=[U+2]=[O].[O]=[U+2]=[O]. The molecule has 0 aromatic heterocycles. The molecule has 0 bridgehead atoms. The zero-order chi connectivity index (χ0) is 12.6. The van der Waals surface area contributed by atoms with E-state index in [2.05, 4.69) is 0 Å². The zero-order valence-electron chi connectivity index (χ0n) is 7.94. The third-order valence-corrected chi connectivity index (χ3v) is 0. The molecule has 0 fully saturated rings. The molecule has 0 aromatic carbocycles. The topological polar surface area (TPSA) is 270 Å². The third-order valence-electron chi connectivity index (χ3n) is 0. The van der Waals surface area contributed by atoms with Crippen LogP contribution in [0, 0.1) is 55.6 Å². The standard InChI is InChI=1S/2BO3.Ba.2H2O.4O.2U/c2*2-1(3)4;;;;;;;;;/h;;;2*1H2;;;;;;/q2*-3;+2;;;;;;;2*+2. The molecule has 4 N–H and O–H groups in total. The van der Waals surface area contributed by atoms with Crippen LogP contribution in [0.25, 0.3) is 0 Å². The summed E-state index contributed by atoms with van der Waals surface area (Å²) in [6.07, 6.45) is 0. The summed E-state index contributed by atoms with van der Waals surface area (Å²) in [4.78, 5) is 0. The molecule has 17 heavy (non-hydrogen) atoms. The number of hydrogen-bond acceptors (Lipinski definition) is 10. The van der Waals surface area contributed by atoms with Crippen molar-refractivity contribution in [3.63, 3.8) is 0 Å². The molecule has 92 valence electrons. The molecular weight excluding hydrogens is 827 g/mol. The molecule has 0 heterocycles. The fourth-order valence-electron chi connectivity index (χ4n) is 0. The van der Waals surface area contributed by atoms with Gasteiger partial charge in [-0.15, -0.1) is 0 Å². The van der Waals surface area contributed by atoms with Crippen molar-refractivity contribution >= 4 is 63.5 Å². The summed E-state index contributed by atoms with van der Waals surface area (Å²) in [5.74, 6) is 0. The van der Waals surface area contributed by atoms with Crippen LogP contribution in [0.3, 0.4) is 0 Å². The number of rotatable bonds is 0. The van der Waals surface area contributed by atoms with Gasteiger partial charge in [0.25, 0.3) is 0 Å². The predicted molar refractivity (Wildman–Crippen MR) is 27.2 cm³/mol. The maximum atomic E-state index is 8.58. The van der Waals surface area contributed by atoms with Gasteiger partial charge >= 0.3 is 113 Å². The van der Waals surface area contributed by atoms with Gasteiger partial charge in [-0.25, -0.2) is 0 Å². The van der Waals surface area contributed by atoms with Crippen LogP contribution in [0.15, 0.2) is 0 Å². The van der Waals surface area contributed by atoms with E-state index in [1.807, 2.05) is 0 Å². The Bertz CT molecular complexity index is 125. The third kappa shape index (κ3) is 721. The van der Waals surface area contributed by atoms with Crippen LogP contribution in [-0.4, -0.2) is 74.5 Å². The summed E-state index contributed by atoms with van der Waals surface area (Å²) < 4.78 is 34.3. The van der Waals surface area contributed by atoms with Gasteiger partial charge in [0.15, 0.2) is 0 Å². The van der Waals surface area contributed by atoms with Crippen LogP contribution >= 0.6 is 0 Å². The van der Waals surface area contributed by atoms with E-state index < -0.39 is 70.3 Å². The molecule has 17 heteroatoms. The van der Waals surface area contributed by atoms with E-state index in [-0.39, 0.29) is 59.8 Å². The van der Waals surface area contributed by atoms with Crippen LogP contribution in [0.5, 0.6) is 0 Å². The van der Waals surface area contributed by atoms with Crippen LogP contribution < -0.4 is 30.1 Å². The minimum absolute atomic E-state index is 0. The Kier molecular flexibility index (Phi) is 129. The van der Waals surface area contributed by atoms with E-state index in [1.165, 1.54) is 0 Å². The molecule has 0 aliphatic rings. The monoisotopic (exact) mass is 832 g/mol. The van der Waals surface area contributed by atoms with Crippen molar-refractivity contribution in [3.8, 4) is 0 Å². The van der Waals surface area contributed by atoms with Crippen molar-refractivity contribution in [2.24, 2.45) is 0 Å². The van der Waals surface area contributed by atoms with Gasteiger partial charge < -0.3 is 41.1 Å². The van der Waals surface area contributed by atoms with Gasteiger partial charge in [-0.2, -0.15) is 0 Å². The summed E-state index contributed by atoms with van der Waals surface area (Å²) >= 11 is -5.01. The van der Waals surface area contributed by atoms with Crippen LogP contribution in [0.4, 0.5) is 0 Å². The van der Waals surface area contributed by atoms with E-state index in [0.29, 0.717) is 0 Å². The second-order valence-electron chi connectivity index (χ2n) is 0.744. The van der Waals surface area contributed by atoms with Gasteiger partial charge in [0.2, 0.25) is 0 Å². The Balaban J connectivity index is -0.0000000149. The van der Waals surface area contributed by atoms with Gasteiger partial charge in [-0.05, 0) is 0 Å². The van der Waals surface area contributed by atoms with Gasteiger partial charge in [0.1, 0.15) is 0 Å². The fraction of sp³-hybridized carbons (Fsp3) is 0. The first-order chi connectivity index (χ1) is 6.29. The van der Waals surface area contributed by atoms with E-state index in [1.54, 1.807) is 0 Å². The van der Waals surface area contributed by atoms with Gasteiger partial charge in [0, 0.05) is 0 Å². The van der Waals surface area contributed by atoms with Gasteiger partial charge in [0.05, 0.1) is 0 Å². The first kappa shape index (κ1) is 42.7. The van der Waals surface area contributed by atoms with Crippen molar-refractivity contribution in [1.29, 1.82) is 0 Å². The maximum absolute atomic E-state index is 8.58. The quantitative estimate of drug-likeness (QED) is 0.208. The zero-order valence-corrected chi connectivity index (χ0v) is 20.7. The van der Waals surface area contributed by atoms with Crippen LogP contribution in [0.1, 0.15) is 0 Å². The number of hydrogen-bond donors (Lipinski definition) is 0. The fourth-order valence-corrected chi connectivity index (χ4v) is 0. The molecule has 0 aromatic rings. The second kappa shape index (κ2) is 51.2. The normalized spacial score (nSPS) is 4.12. The first-order valence-corrected chi connectivity index (χ1v) is 9.03. The average Bonchev–Trinajstić information content (AvgIpc) is 1.85. The molecule has 0 radical (unpaired) electrons. The molecule has 0 rings (SSSR count).